The fourth-order valence-electron chi connectivity index (χ4n) is 3.98. The van der Waals surface area contributed by atoms with E-state index in [1.165, 1.54) is 0 Å². The van der Waals surface area contributed by atoms with Crippen LogP contribution < -0.4 is 26.1 Å². The summed E-state index contributed by atoms with van der Waals surface area (Å²) in [5, 5.41) is 27.6. The summed E-state index contributed by atoms with van der Waals surface area (Å²) < 4.78 is 12.8. The third-order valence-electron chi connectivity index (χ3n) is 5.77. The predicted octanol–water partition coefficient (Wildman–Crippen LogP) is 4.01. The second-order valence-corrected chi connectivity index (χ2v) is 8.42. The van der Waals surface area contributed by atoms with Crippen molar-refractivity contribution in [1.29, 1.82) is 5.26 Å². The van der Waals surface area contributed by atoms with Gasteiger partial charge in [0.05, 0.1) is 60.8 Å². The van der Waals surface area contributed by atoms with Gasteiger partial charge in [-0.1, -0.05) is 18.2 Å². The Bertz CT molecular complexity index is 1290. The van der Waals surface area contributed by atoms with Gasteiger partial charge in [-0.2, -0.15) is 5.26 Å². The highest BCUT2D eigenvalue weighted by Crippen LogP contribution is 2.34. The number of nitriles is 1. The average Bonchev–Trinajstić information content (AvgIpc) is 3.20. The monoisotopic (exact) mass is 502 g/mol. The highest BCUT2D eigenvalue weighted by Gasteiger charge is 2.28. The SMILES string of the molecule is Cc1c(NC(=O)NCCOCCO)cn2c1C(Nc1ccc(Oc3ccccc3)cc1)=C(C#N)C(C)N2. The van der Waals surface area contributed by atoms with Crippen LogP contribution in [0.15, 0.2) is 66.4 Å². The summed E-state index contributed by atoms with van der Waals surface area (Å²) in [7, 11) is 0. The largest absolute Gasteiger partial charge is 0.457 e. The lowest BCUT2D eigenvalue weighted by molar-refractivity contribution is 0.0950. The van der Waals surface area contributed by atoms with E-state index in [0.29, 0.717) is 35.9 Å². The highest BCUT2D eigenvalue weighted by atomic mass is 16.5. The van der Waals surface area contributed by atoms with Crippen molar-refractivity contribution in [2.75, 3.05) is 42.4 Å². The van der Waals surface area contributed by atoms with Crippen LogP contribution in [0.4, 0.5) is 16.2 Å². The van der Waals surface area contributed by atoms with Crippen molar-refractivity contribution in [3.63, 3.8) is 0 Å². The lowest BCUT2D eigenvalue weighted by atomic mass is 10.0. The first-order valence-electron chi connectivity index (χ1n) is 12.0. The molecule has 2 heterocycles. The topological polar surface area (TPSA) is 133 Å². The normalized spacial score (nSPS) is 14.3. The minimum absolute atomic E-state index is 0.0622. The lowest BCUT2D eigenvalue weighted by Gasteiger charge is -2.28. The Morgan fingerprint density at radius 3 is 2.57 bits per heavy atom. The molecule has 4 rings (SSSR count). The Hall–Kier alpha value is -4.46. The van der Waals surface area contributed by atoms with Crippen molar-refractivity contribution in [3.8, 4) is 17.6 Å². The first kappa shape index (κ1) is 25.6. The Morgan fingerprint density at radius 2 is 1.86 bits per heavy atom. The van der Waals surface area contributed by atoms with Crippen LogP contribution in [0.3, 0.4) is 0 Å². The number of ether oxygens (including phenoxy) is 2. The summed E-state index contributed by atoms with van der Waals surface area (Å²) in [5.41, 5.74) is 7.43. The molecule has 10 nitrogen and oxygen atoms in total. The van der Waals surface area contributed by atoms with Gasteiger partial charge in [0.2, 0.25) is 0 Å². The number of hydrogen-bond donors (Lipinski definition) is 5. The minimum Gasteiger partial charge on any atom is -0.457 e. The number of para-hydroxylation sites is 1. The minimum atomic E-state index is -0.375. The van der Waals surface area contributed by atoms with Gasteiger partial charge in [0.15, 0.2) is 0 Å². The zero-order valence-electron chi connectivity index (χ0n) is 20.7. The van der Waals surface area contributed by atoms with Gasteiger partial charge in [-0.15, -0.1) is 0 Å². The molecule has 0 saturated carbocycles. The summed E-state index contributed by atoms with van der Waals surface area (Å²) in [6.07, 6.45) is 1.79. The second kappa shape index (κ2) is 12.0. The molecule has 0 saturated heterocycles. The zero-order valence-corrected chi connectivity index (χ0v) is 20.7. The third-order valence-corrected chi connectivity index (χ3v) is 5.77. The van der Waals surface area contributed by atoms with Crippen molar-refractivity contribution in [3.05, 3.63) is 77.6 Å². The van der Waals surface area contributed by atoms with E-state index in [1.807, 2.05) is 73.1 Å². The van der Waals surface area contributed by atoms with E-state index in [2.05, 4.69) is 27.4 Å². The maximum absolute atomic E-state index is 12.4. The summed E-state index contributed by atoms with van der Waals surface area (Å²) in [6, 6.07) is 18.7. The molecule has 2 aromatic carbocycles. The first-order valence-corrected chi connectivity index (χ1v) is 12.0. The van der Waals surface area contributed by atoms with Gasteiger partial charge in [0.25, 0.3) is 0 Å². The molecule has 3 aromatic rings. The van der Waals surface area contributed by atoms with Gasteiger partial charge in [-0.05, 0) is 50.2 Å². The lowest BCUT2D eigenvalue weighted by Crippen LogP contribution is -2.34. The van der Waals surface area contributed by atoms with Gasteiger partial charge in [-0.3, -0.25) is 4.68 Å². The van der Waals surface area contributed by atoms with E-state index in [9.17, 15) is 10.1 Å². The van der Waals surface area contributed by atoms with Gasteiger partial charge in [0, 0.05) is 17.8 Å². The van der Waals surface area contributed by atoms with E-state index >= 15 is 0 Å². The molecular formula is C27H30N6O4. The number of aliphatic hydroxyl groups is 1. The summed E-state index contributed by atoms with van der Waals surface area (Å²) in [6.45, 7) is 4.56. The number of aromatic nitrogens is 1. The van der Waals surface area contributed by atoms with Gasteiger partial charge >= 0.3 is 6.03 Å². The molecule has 2 amide bonds. The van der Waals surface area contributed by atoms with Crippen LogP contribution in [0.25, 0.3) is 5.70 Å². The van der Waals surface area contributed by atoms with Crippen molar-refractivity contribution in [2.24, 2.45) is 0 Å². The van der Waals surface area contributed by atoms with Crippen LogP contribution in [0, 0.1) is 18.3 Å². The first-order chi connectivity index (χ1) is 18.0. The molecule has 0 spiro atoms. The van der Waals surface area contributed by atoms with Crippen molar-refractivity contribution < 1.29 is 19.4 Å². The van der Waals surface area contributed by atoms with E-state index in [4.69, 9.17) is 14.6 Å². The molecular weight excluding hydrogens is 472 g/mol. The molecule has 10 heteroatoms. The number of carbonyl (C=O) groups is 1. The summed E-state index contributed by atoms with van der Waals surface area (Å²) in [4.78, 5) is 12.4. The predicted molar refractivity (Wildman–Crippen MR) is 142 cm³/mol. The smallest absolute Gasteiger partial charge is 0.319 e. The Labute approximate surface area is 215 Å². The zero-order chi connectivity index (χ0) is 26.2. The molecule has 5 N–H and O–H groups in total. The maximum atomic E-state index is 12.4. The Balaban J connectivity index is 1.51. The number of fused-ring (bicyclic) bond motifs is 1. The highest BCUT2D eigenvalue weighted by molar-refractivity contribution is 5.93. The molecule has 0 fully saturated rings. The molecule has 1 aromatic heterocycles. The standard InChI is InChI=1S/C27H30N6O4/c1-18-24(31-27(35)29-12-14-36-15-13-34)17-33-26(18)25(23(16-28)19(2)32-33)30-20-8-10-22(11-9-20)37-21-6-4-3-5-7-21/h3-11,17,19,30,32,34H,12-15H2,1-2H3,(H2,29,31,35). The van der Waals surface area contributed by atoms with Gasteiger partial charge in [-0.25, -0.2) is 4.79 Å². The van der Waals surface area contributed by atoms with Crippen LogP contribution in [0.2, 0.25) is 0 Å². The Morgan fingerprint density at radius 1 is 1.14 bits per heavy atom. The van der Waals surface area contributed by atoms with Crippen LogP contribution in [0.1, 0.15) is 18.2 Å². The van der Waals surface area contributed by atoms with E-state index < -0.39 is 0 Å². The third kappa shape index (κ3) is 6.22. The number of benzene rings is 2. The number of anilines is 2. The molecule has 37 heavy (non-hydrogen) atoms. The fraction of sp³-hybridized carbons (Fsp3) is 0.259. The number of rotatable bonds is 10. The number of amides is 2. The van der Waals surface area contributed by atoms with Crippen molar-refractivity contribution in [2.45, 2.75) is 19.9 Å². The quantitative estimate of drug-likeness (QED) is 0.265. The van der Waals surface area contributed by atoms with Crippen molar-refractivity contribution >= 4 is 23.1 Å². The molecule has 1 unspecified atom stereocenters. The van der Waals surface area contributed by atoms with Crippen LogP contribution in [-0.4, -0.2) is 48.2 Å². The van der Waals surface area contributed by atoms with Gasteiger partial charge < -0.3 is 36.0 Å². The second-order valence-electron chi connectivity index (χ2n) is 8.42. The Kier molecular flexibility index (Phi) is 8.30. The van der Waals surface area contributed by atoms with E-state index in [1.54, 1.807) is 6.20 Å². The number of aliphatic hydroxyl groups excluding tert-OH is 1. The summed E-state index contributed by atoms with van der Waals surface area (Å²) >= 11 is 0. The average molecular weight is 503 g/mol. The van der Waals surface area contributed by atoms with E-state index in [-0.39, 0.29) is 25.3 Å². The number of carbonyl (C=O) groups excluding carboxylic acids is 1. The molecule has 192 valence electrons. The molecule has 0 radical (unpaired) electrons. The van der Waals surface area contributed by atoms with Crippen LogP contribution in [0.5, 0.6) is 11.5 Å². The number of nitrogens with one attached hydrogen (secondary N) is 4. The molecule has 1 aliphatic heterocycles. The van der Waals surface area contributed by atoms with Crippen LogP contribution in [-0.2, 0) is 4.74 Å². The fourth-order valence-corrected chi connectivity index (χ4v) is 3.98. The molecule has 1 atom stereocenters. The molecule has 0 aliphatic carbocycles. The molecule has 0 bridgehead atoms. The van der Waals surface area contributed by atoms with E-state index in [0.717, 1.165) is 22.7 Å². The van der Waals surface area contributed by atoms with Crippen LogP contribution >= 0.6 is 0 Å². The van der Waals surface area contributed by atoms with Crippen molar-refractivity contribution in [1.82, 2.24) is 9.99 Å². The number of hydrogen-bond acceptors (Lipinski definition) is 7. The maximum Gasteiger partial charge on any atom is 0.319 e. The number of urea groups is 1. The molecule has 1 aliphatic rings. The summed E-state index contributed by atoms with van der Waals surface area (Å²) in [5.74, 6) is 1.45. The van der Waals surface area contributed by atoms with Gasteiger partial charge in [0.1, 0.15) is 11.5 Å². The number of nitrogens with zero attached hydrogens (tertiary/aromatic N) is 2.